The molecule has 2 N–H and O–H groups in total. The minimum Gasteiger partial charge on any atom is -0.490 e. The third kappa shape index (κ3) is 9.09. The average Bonchev–Trinajstić information content (AvgIpc) is 3.39. The molecule has 0 spiro atoms. The fourth-order valence-corrected chi connectivity index (χ4v) is 3.09. The molecule has 154 valence electrons. The van der Waals surface area contributed by atoms with Crippen molar-refractivity contribution in [1.29, 1.82) is 0 Å². The van der Waals surface area contributed by atoms with Crippen molar-refractivity contribution in [2.75, 3.05) is 32.2 Å². The lowest BCUT2D eigenvalue weighted by Crippen LogP contribution is -2.39. The Bertz CT molecular complexity index is 739. The standard InChI is InChI=1S/C18H28FN3O3S.HI/c1-13(22-18(20-2)21-9-4-10-26(3,23)24)15-7-8-17(16(19)11-15)25-12-14-5-6-14;/h7-8,11,13-14H,4-6,9-10,12H2,1-3H3,(H2,20,21,22);1H. The topological polar surface area (TPSA) is 79.8 Å². The summed E-state index contributed by atoms with van der Waals surface area (Å²) in [6.07, 6.45) is 4.04. The maximum absolute atomic E-state index is 14.2. The summed E-state index contributed by atoms with van der Waals surface area (Å²) in [6, 6.07) is 4.80. The van der Waals surface area contributed by atoms with Crippen molar-refractivity contribution in [2.45, 2.75) is 32.2 Å². The molecule has 1 unspecified atom stereocenters. The number of hydrogen-bond donors (Lipinski definition) is 2. The third-order valence-corrected chi connectivity index (χ3v) is 5.22. The largest absolute Gasteiger partial charge is 0.490 e. The lowest BCUT2D eigenvalue weighted by Gasteiger charge is -2.19. The summed E-state index contributed by atoms with van der Waals surface area (Å²) >= 11 is 0. The molecule has 0 aliphatic heterocycles. The smallest absolute Gasteiger partial charge is 0.191 e. The Balaban J connectivity index is 0.00000364. The van der Waals surface area contributed by atoms with Crippen molar-refractivity contribution >= 4 is 39.8 Å². The monoisotopic (exact) mass is 513 g/mol. The van der Waals surface area contributed by atoms with E-state index in [1.165, 1.54) is 12.3 Å². The molecule has 0 saturated heterocycles. The summed E-state index contributed by atoms with van der Waals surface area (Å²) in [6.45, 7) is 2.97. The van der Waals surface area contributed by atoms with Crippen molar-refractivity contribution in [2.24, 2.45) is 10.9 Å². The fraction of sp³-hybridized carbons (Fsp3) is 0.611. The van der Waals surface area contributed by atoms with Gasteiger partial charge in [0.05, 0.1) is 18.4 Å². The zero-order chi connectivity index (χ0) is 19.2. The van der Waals surface area contributed by atoms with Crippen LogP contribution in [0.2, 0.25) is 0 Å². The highest BCUT2D eigenvalue weighted by Crippen LogP contribution is 2.30. The highest BCUT2D eigenvalue weighted by atomic mass is 127. The van der Waals surface area contributed by atoms with Gasteiger partial charge in [-0.1, -0.05) is 6.07 Å². The van der Waals surface area contributed by atoms with Crippen LogP contribution in [-0.2, 0) is 9.84 Å². The fourth-order valence-electron chi connectivity index (χ4n) is 2.42. The molecule has 1 aromatic carbocycles. The van der Waals surface area contributed by atoms with E-state index in [0.717, 1.165) is 18.4 Å². The molecule has 1 aliphatic rings. The van der Waals surface area contributed by atoms with Crippen LogP contribution in [0.25, 0.3) is 0 Å². The minimum atomic E-state index is -2.96. The molecule has 9 heteroatoms. The molecule has 1 aliphatic carbocycles. The molecule has 1 fully saturated rings. The Morgan fingerprint density at radius 1 is 1.41 bits per heavy atom. The molecule has 1 aromatic rings. The van der Waals surface area contributed by atoms with Gasteiger partial charge in [0.15, 0.2) is 17.5 Å². The number of aliphatic imine (C=N–C) groups is 1. The number of ether oxygens (including phenoxy) is 1. The molecule has 0 aromatic heterocycles. The number of rotatable bonds is 9. The second-order valence-corrected chi connectivity index (χ2v) is 9.05. The van der Waals surface area contributed by atoms with Gasteiger partial charge in [-0.25, -0.2) is 12.8 Å². The summed E-state index contributed by atoms with van der Waals surface area (Å²) in [4.78, 5) is 4.11. The maximum atomic E-state index is 14.2. The van der Waals surface area contributed by atoms with Crippen LogP contribution >= 0.6 is 24.0 Å². The molecule has 27 heavy (non-hydrogen) atoms. The van der Waals surface area contributed by atoms with Crippen LogP contribution in [-0.4, -0.2) is 46.6 Å². The van der Waals surface area contributed by atoms with Gasteiger partial charge in [0.1, 0.15) is 9.84 Å². The van der Waals surface area contributed by atoms with E-state index in [-0.39, 0.29) is 47.3 Å². The molecule has 1 atom stereocenters. The quantitative estimate of drug-likeness (QED) is 0.230. The highest BCUT2D eigenvalue weighted by Gasteiger charge is 2.22. The predicted octanol–water partition coefficient (Wildman–Crippen LogP) is 2.89. The first-order valence-corrected chi connectivity index (χ1v) is 10.9. The van der Waals surface area contributed by atoms with Crippen LogP contribution < -0.4 is 15.4 Å². The molecular weight excluding hydrogens is 484 g/mol. The van der Waals surface area contributed by atoms with E-state index in [9.17, 15) is 12.8 Å². The minimum absolute atomic E-state index is 0. The van der Waals surface area contributed by atoms with Crippen molar-refractivity contribution < 1.29 is 17.5 Å². The Labute approximate surface area is 178 Å². The van der Waals surface area contributed by atoms with Crippen LogP contribution in [0.4, 0.5) is 4.39 Å². The van der Waals surface area contributed by atoms with Gasteiger partial charge in [-0.3, -0.25) is 4.99 Å². The Morgan fingerprint density at radius 3 is 2.67 bits per heavy atom. The van der Waals surface area contributed by atoms with Crippen LogP contribution in [0.1, 0.15) is 37.8 Å². The number of nitrogens with one attached hydrogen (secondary N) is 2. The molecule has 0 heterocycles. The number of nitrogens with zero attached hydrogens (tertiary/aromatic N) is 1. The summed E-state index contributed by atoms with van der Waals surface area (Å²) < 4.78 is 42.0. The van der Waals surface area contributed by atoms with Gasteiger partial charge in [-0.05, 0) is 49.8 Å². The normalized spacial score (nSPS) is 15.6. The molecule has 0 bridgehead atoms. The second-order valence-electron chi connectivity index (χ2n) is 6.79. The van der Waals surface area contributed by atoms with E-state index in [4.69, 9.17) is 4.74 Å². The van der Waals surface area contributed by atoms with E-state index < -0.39 is 9.84 Å². The van der Waals surface area contributed by atoms with E-state index >= 15 is 0 Å². The van der Waals surface area contributed by atoms with Crippen molar-refractivity contribution in [3.05, 3.63) is 29.6 Å². The third-order valence-electron chi connectivity index (χ3n) is 4.19. The van der Waals surface area contributed by atoms with Gasteiger partial charge in [0.2, 0.25) is 0 Å². The summed E-state index contributed by atoms with van der Waals surface area (Å²) in [5.41, 5.74) is 0.778. The molecule has 2 rings (SSSR count). The summed E-state index contributed by atoms with van der Waals surface area (Å²) in [5, 5.41) is 6.23. The zero-order valence-electron chi connectivity index (χ0n) is 16.0. The summed E-state index contributed by atoms with van der Waals surface area (Å²) in [7, 11) is -1.33. The highest BCUT2D eigenvalue weighted by molar-refractivity contribution is 14.0. The van der Waals surface area contributed by atoms with E-state index in [1.807, 2.05) is 13.0 Å². The van der Waals surface area contributed by atoms with Crippen molar-refractivity contribution in [3.8, 4) is 5.75 Å². The Morgan fingerprint density at radius 2 is 2.11 bits per heavy atom. The maximum Gasteiger partial charge on any atom is 0.191 e. The predicted molar refractivity (Wildman–Crippen MR) is 117 cm³/mol. The summed E-state index contributed by atoms with van der Waals surface area (Å²) in [5.74, 6) is 1.16. The number of guanidine groups is 1. The van der Waals surface area contributed by atoms with E-state index in [2.05, 4.69) is 15.6 Å². The average molecular weight is 513 g/mol. The molecule has 0 amide bonds. The van der Waals surface area contributed by atoms with Gasteiger partial charge < -0.3 is 15.4 Å². The van der Waals surface area contributed by atoms with Crippen LogP contribution in [0.15, 0.2) is 23.2 Å². The van der Waals surface area contributed by atoms with Gasteiger partial charge in [-0.15, -0.1) is 24.0 Å². The second kappa shape index (κ2) is 11.0. The molecule has 0 radical (unpaired) electrons. The van der Waals surface area contributed by atoms with Crippen molar-refractivity contribution in [1.82, 2.24) is 10.6 Å². The van der Waals surface area contributed by atoms with E-state index in [1.54, 1.807) is 13.1 Å². The zero-order valence-corrected chi connectivity index (χ0v) is 19.1. The van der Waals surface area contributed by atoms with Gasteiger partial charge in [0.25, 0.3) is 0 Å². The number of halogens is 2. The van der Waals surface area contributed by atoms with Crippen molar-refractivity contribution in [3.63, 3.8) is 0 Å². The number of benzene rings is 1. The lowest BCUT2D eigenvalue weighted by molar-refractivity contribution is 0.285. The van der Waals surface area contributed by atoms with Crippen LogP contribution in [0.5, 0.6) is 5.75 Å². The first kappa shape index (κ1) is 23.9. The molecule has 6 nitrogen and oxygen atoms in total. The van der Waals surface area contributed by atoms with Crippen LogP contribution in [0.3, 0.4) is 0 Å². The lowest BCUT2D eigenvalue weighted by atomic mass is 10.1. The Kier molecular flexibility index (Phi) is 9.78. The van der Waals surface area contributed by atoms with Gasteiger partial charge >= 0.3 is 0 Å². The molecular formula is C18H29FIN3O3S. The van der Waals surface area contributed by atoms with E-state index in [0.29, 0.717) is 31.4 Å². The SMILES string of the molecule is CN=C(NCCCS(C)(=O)=O)NC(C)c1ccc(OCC2CC2)c(F)c1.I. The number of hydrogen-bond acceptors (Lipinski definition) is 4. The van der Waals surface area contributed by atoms with Gasteiger partial charge in [-0.2, -0.15) is 0 Å². The van der Waals surface area contributed by atoms with Gasteiger partial charge in [0, 0.05) is 19.8 Å². The van der Waals surface area contributed by atoms with Crippen LogP contribution in [0, 0.1) is 11.7 Å². The first-order valence-electron chi connectivity index (χ1n) is 8.85. The Hall–Kier alpha value is -1.10. The molecule has 1 saturated carbocycles. The number of sulfone groups is 1. The first-order chi connectivity index (χ1) is 12.3.